The summed E-state index contributed by atoms with van der Waals surface area (Å²) >= 11 is 0. The lowest BCUT2D eigenvalue weighted by Crippen LogP contribution is -2.54. The molecule has 0 radical (unpaired) electrons. The van der Waals surface area contributed by atoms with Crippen LogP contribution in [0.15, 0.2) is 30.6 Å². The molecule has 0 bridgehead atoms. The Hall–Kier alpha value is -2.70. The van der Waals surface area contributed by atoms with Gasteiger partial charge in [0.25, 0.3) is 0 Å². The molecule has 1 aliphatic carbocycles. The van der Waals surface area contributed by atoms with Crippen molar-refractivity contribution in [1.82, 2.24) is 14.9 Å². The van der Waals surface area contributed by atoms with Crippen LogP contribution in [0.4, 0.5) is 10.2 Å². The lowest BCUT2D eigenvalue weighted by molar-refractivity contribution is -0.133. The van der Waals surface area contributed by atoms with Crippen LogP contribution in [0.1, 0.15) is 51.0 Å². The highest BCUT2D eigenvalue weighted by molar-refractivity contribution is 5.77. The van der Waals surface area contributed by atoms with Crippen molar-refractivity contribution in [3.63, 3.8) is 0 Å². The second-order valence-corrected chi connectivity index (χ2v) is 8.80. The van der Waals surface area contributed by atoms with Gasteiger partial charge in [-0.2, -0.15) is 0 Å². The summed E-state index contributed by atoms with van der Waals surface area (Å²) in [4.78, 5) is 25.5. The normalized spacial score (nSPS) is 19.6. The molecule has 1 saturated heterocycles. The first-order valence-corrected chi connectivity index (χ1v) is 11.3. The molecular weight excluding hydrogens is 395 g/mol. The zero-order valence-corrected chi connectivity index (χ0v) is 18.4. The number of rotatable bonds is 6. The lowest BCUT2D eigenvalue weighted by atomic mass is 10.0. The number of benzene rings is 1. The van der Waals surface area contributed by atoms with Gasteiger partial charge in [0.1, 0.15) is 23.7 Å². The van der Waals surface area contributed by atoms with Gasteiger partial charge in [0.2, 0.25) is 11.8 Å². The molecule has 1 aliphatic heterocycles. The summed E-state index contributed by atoms with van der Waals surface area (Å²) in [5.41, 5.74) is 0.707. The first-order chi connectivity index (χ1) is 15.0. The van der Waals surface area contributed by atoms with Crippen LogP contribution in [0.3, 0.4) is 0 Å². The largest absolute Gasteiger partial charge is 0.439 e. The van der Waals surface area contributed by atoms with Crippen molar-refractivity contribution in [1.29, 1.82) is 0 Å². The number of carbonyl (C=O) groups excluding carboxylic acids is 1. The maximum absolute atomic E-state index is 13.3. The Kier molecular flexibility index (Phi) is 6.68. The molecule has 31 heavy (non-hydrogen) atoms. The molecule has 2 aromatic rings. The van der Waals surface area contributed by atoms with Crippen LogP contribution in [0, 0.1) is 18.7 Å². The van der Waals surface area contributed by atoms with Gasteiger partial charge in [-0.25, -0.2) is 14.4 Å². The molecular formula is C24H31FN4O2. The van der Waals surface area contributed by atoms with E-state index in [4.69, 9.17) is 4.74 Å². The fourth-order valence-electron chi connectivity index (χ4n) is 4.71. The number of halogens is 1. The average Bonchev–Trinajstić information content (AvgIpc) is 3.28. The van der Waals surface area contributed by atoms with Crippen LogP contribution in [-0.2, 0) is 4.79 Å². The van der Waals surface area contributed by atoms with E-state index in [0.29, 0.717) is 30.2 Å². The Labute approximate surface area is 183 Å². The molecule has 0 N–H and O–H groups in total. The van der Waals surface area contributed by atoms with Gasteiger partial charge in [-0.15, -0.1) is 0 Å². The SMILES string of the molecule is Cc1cc(F)ccc1Oc1cc(N2CCN(C(=O)CCC3CCCC3)C(C)C2)ncn1. The molecule has 166 valence electrons. The van der Waals surface area contributed by atoms with Gasteiger partial charge in [0, 0.05) is 38.2 Å². The van der Waals surface area contributed by atoms with Crippen molar-refractivity contribution >= 4 is 11.7 Å². The molecule has 1 atom stereocenters. The van der Waals surface area contributed by atoms with Crippen LogP contribution in [0.25, 0.3) is 0 Å². The molecule has 2 fully saturated rings. The van der Waals surface area contributed by atoms with Gasteiger partial charge in [0.15, 0.2) is 0 Å². The van der Waals surface area contributed by atoms with Gasteiger partial charge in [-0.05, 0) is 49.9 Å². The molecule has 1 saturated carbocycles. The Bertz CT molecular complexity index is 916. The first-order valence-electron chi connectivity index (χ1n) is 11.3. The van der Waals surface area contributed by atoms with E-state index < -0.39 is 0 Å². The van der Waals surface area contributed by atoms with Crippen molar-refractivity contribution in [3.8, 4) is 11.6 Å². The lowest BCUT2D eigenvalue weighted by Gasteiger charge is -2.40. The second kappa shape index (κ2) is 9.62. The van der Waals surface area contributed by atoms with Crippen molar-refractivity contribution in [3.05, 3.63) is 42.0 Å². The molecule has 6 nitrogen and oxygen atoms in total. The van der Waals surface area contributed by atoms with E-state index in [1.807, 2.05) is 4.90 Å². The molecule has 1 unspecified atom stereocenters. The molecule has 0 spiro atoms. The number of hydrogen-bond acceptors (Lipinski definition) is 5. The minimum atomic E-state index is -0.294. The number of aromatic nitrogens is 2. The molecule has 2 heterocycles. The van der Waals surface area contributed by atoms with E-state index in [1.54, 1.807) is 19.1 Å². The molecule has 2 aliphatic rings. The Morgan fingerprint density at radius 1 is 1.19 bits per heavy atom. The summed E-state index contributed by atoms with van der Waals surface area (Å²) in [6, 6.07) is 6.33. The number of aryl methyl sites for hydroxylation is 1. The molecule has 1 amide bonds. The summed E-state index contributed by atoms with van der Waals surface area (Å²) in [5, 5.41) is 0. The highest BCUT2D eigenvalue weighted by atomic mass is 19.1. The maximum Gasteiger partial charge on any atom is 0.224 e. The predicted molar refractivity (Wildman–Crippen MR) is 118 cm³/mol. The summed E-state index contributed by atoms with van der Waals surface area (Å²) < 4.78 is 19.2. The van der Waals surface area contributed by atoms with Crippen molar-refractivity contribution in [2.75, 3.05) is 24.5 Å². The standard InChI is InChI=1S/C24H31FN4O2/c1-17-13-20(25)8-9-21(17)31-23-14-22(26-16-27-23)28-11-12-29(18(2)15-28)24(30)10-7-19-5-3-4-6-19/h8-9,13-14,16,18-19H,3-7,10-12,15H2,1-2H3. The van der Waals surface area contributed by atoms with Crippen LogP contribution in [0.5, 0.6) is 11.6 Å². The minimum absolute atomic E-state index is 0.128. The van der Waals surface area contributed by atoms with Crippen LogP contribution in [-0.4, -0.2) is 46.5 Å². The Morgan fingerprint density at radius 3 is 2.74 bits per heavy atom. The highest BCUT2D eigenvalue weighted by Crippen LogP contribution is 2.30. The third-order valence-electron chi connectivity index (χ3n) is 6.49. The van der Waals surface area contributed by atoms with E-state index in [2.05, 4.69) is 21.8 Å². The van der Waals surface area contributed by atoms with E-state index in [0.717, 1.165) is 31.2 Å². The number of nitrogens with zero attached hydrogens (tertiary/aromatic N) is 4. The van der Waals surface area contributed by atoms with Gasteiger partial charge < -0.3 is 14.5 Å². The average molecular weight is 427 g/mol. The van der Waals surface area contributed by atoms with Crippen LogP contribution < -0.4 is 9.64 Å². The van der Waals surface area contributed by atoms with Gasteiger partial charge in [-0.1, -0.05) is 25.7 Å². The smallest absolute Gasteiger partial charge is 0.224 e. The van der Waals surface area contributed by atoms with Gasteiger partial charge in [0.05, 0.1) is 0 Å². The first kappa shape index (κ1) is 21.5. The monoisotopic (exact) mass is 426 g/mol. The number of ether oxygens (including phenoxy) is 1. The van der Waals surface area contributed by atoms with Crippen LogP contribution >= 0.6 is 0 Å². The van der Waals surface area contributed by atoms with E-state index in [1.165, 1.54) is 44.1 Å². The number of anilines is 1. The summed E-state index contributed by atoms with van der Waals surface area (Å²) in [6.07, 6.45) is 8.38. The van der Waals surface area contributed by atoms with Crippen molar-refractivity contribution in [2.45, 2.75) is 58.4 Å². The summed E-state index contributed by atoms with van der Waals surface area (Å²) in [6.45, 7) is 6.04. The quantitative estimate of drug-likeness (QED) is 0.669. The van der Waals surface area contributed by atoms with E-state index in [9.17, 15) is 9.18 Å². The zero-order valence-electron chi connectivity index (χ0n) is 18.4. The van der Waals surface area contributed by atoms with E-state index >= 15 is 0 Å². The fraction of sp³-hybridized carbons (Fsp3) is 0.542. The molecule has 4 rings (SSSR count). The fourth-order valence-corrected chi connectivity index (χ4v) is 4.71. The van der Waals surface area contributed by atoms with E-state index in [-0.39, 0.29) is 17.8 Å². The Balaban J connectivity index is 1.35. The van der Waals surface area contributed by atoms with Crippen molar-refractivity contribution < 1.29 is 13.9 Å². The molecule has 7 heteroatoms. The van der Waals surface area contributed by atoms with Gasteiger partial charge in [-0.3, -0.25) is 4.79 Å². The third kappa shape index (κ3) is 5.32. The predicted octanol–water partition coefficient (Wildman–Crippen LogP) is 4.72. The number of piperazine rings is 1. The highest BCUT2D eigenvalue weighted by Gasteiger charge is 2.28. The molecule has 1 aromatic heterocycles. The number of hydrogen-bond donors (Lipinski definition) is 0. The van der Waals surface area contributed by atoms with Crippen molar-refractivity contribution in [2.24, 2.45) is 5.92 Å². The topological polar surface area (TPSA) is 58.6 Å². The Morgan fingerprint density at radius 2 is 2.00 bits per heavy atom. The number of carbonyl (C=O) groups is 1. The summed E-state index contributed by atoms with van der Waals surface area (Å²) in [5.74, 6) is 2.48. The van der Waals surface area contributed by atoms with Crippen LogP contribution in [0.2, 0.25) is 0 Å². The minimum Gasteiger partial charge on any atom is -0.439 e. The second-order valence-electron chi connectivity index (χ2n) is 8.80. The maximum atomic E-state index is 13.3. The third-order valence-corrected chi connectivity index (χ3v) is 6.49. The van der Waals surface area contributed by atoms with Gasteiger partial charge >= 0.3 is 0 Å². The number of amides is 1. The summed E-state index contributed by atoms with van der Waals surface area (Å²) in [7, 11) is 0. The zero-order chi connectivity index (χ0) is 21.8. The molecule has 1 aromatic carbocycles.